The van der Waals surface area contributed by atoms with Gasteiger partial charge in [0, 0.05) is 12.8 Å². The van der Waals surface area contributed by atoms with Gasteiger partial charge in [-0.15, -0.1) is 0 Å². The third-order valence-corrected chi connectivity index (χ3v) is 6.97. The van der Waals surface area contributed by atoms with E-state index in [1.165, 1.54) is 77.0 Å². The molecule has 23 heavy (non-hydrogen) atoms. The van der Waals surface area contributed by atoms with Crippen LogP contribution in [0.3, 0.4) is 0 Å². The number of allylic oxidation sites excluding steroid dienone is 2. The summed E-state index contributed by atoms with van der Waals surface area (Å²) in [6.07, 6.45) is 19.9. The number of Topliss-reactive ketones (excluding diaryl/α,β-unsaturated/α-hetero) is 1. The molecule has 1 atom stereocenters. The maximum Gasteiger partial charge on any atom is 0.137 e. The average Bonchev–Trinajstić information content (AvgIpc) is 2.59. The van der Waals surface area contributed by atoms with E-state index in [9.17, 15) is 4.79 Å². The molecule has 3 aliphatic carbocycles. The van der Waals surface area contributed by atoms with E-state index in [1.54, 1.807) is 11.1 Å². The first-order chi connectivity index (χ1) is 11.3. The van der Waals surface area contributed by atoms with Gasteiger partial charge in [0.15, 0.2) is 0 Å². The van der Waals surface area contributed by atoms with Crippen LogP contribution in [-0.4, -0.2) is 5.78 Å². The Balaban J connectivity index is 1.41. The van der Waals surface area contributed by atoms with E-state index < -0.39 is 0 Å². The summed E-state index contributed by atoms with van der Waals surface area (Å²) < 4.78 is 0. The fraction of sp³-hybridized carbons (Fsp3) is 0.864. The highest BCUT2D eigenvalue weighted by atomic mass is 16.1. The number of hydrogen-bond donors (Lipinski definition) is 0. The van der Waals surface area contributed by atoms with Gasteiger partial charge in [0.05, 0.1) is 0 Å². The smallest absolute Gasteiger partial charge is 0.137 e. The van der Waals surface area contributed by atoms with Crippen LogP contribution in [0.25, 0.3) is 0 Å². The molecule has 3 aliphatic rings. The molecule has 1 unspecified atom stereocenters. The maximum atomic E-state index is 11.6. The summed E-state index contributed by atoms with van der Waals surface area (Å²) in [4.78, 5) is 11.6. The predicted molar refractivity (Wildman–Crippen MR) is 97.4 cm³/mol. The molecule has 0 bridgehead atoms. The summed E-state index contributed by atoms with van der Waals surface area (Å²) in [6, 6.07) is 0. The van der Waals surface area contributed by atoms with E-state index in [0.29, 0.717) is 5.78 Å². The Kier molecular flexibility index (Phi) is 6.36. The monoisotopic (exact) mass is 316 g/mol. The molecule has 0 heterocycles. The van der Waals surface area contributed by atoms with Crippen molar-refractivity contribution in [3.05, 3.63) is 11.1 Å². The van der Waals surface area contributed by atoms with Crippen LogP contribution in [0, 0.1) is 17.8 Å². The van der Waals surface area contributed by atoms with E-state index >= 15 is 0 Å². The average molecular weight is 317 g/mol. The van der Waals surface area contributed by atoms with Gasteiger partial charge < -0.3 is 0 Å². The quantitative estimate of drug-likeness (QED) is 0.398. The third-order valence-electron chi connectivity index (χ3n) is 6.97. The fourth-order valence-electron chi connectivity index (χ4n) is 5.42. The Hall–Kier alpha value is -0.590. The van der Waals surface area contributed by atoms with Gasteiger partial charge in [-0.1, -0.05) is 63.0 Å². The van der Waals surface area contributed by atoms with Crippen molar-refractivity contribution in [3.63, 3.8) is 0 Å². The Morgan fingerprint density at radius 1 is 0.826 bits per heavy atom. The molecule has 0 aromatic heterocycles. The van der Waals surface area contributed by atoms with Crippen LogP contribution >= 0.6 is 0 Å². The van der Waals surface area contributed by atoms with E-state index in [2.05, 4.69) is 6.92 Å². The zero-order valence-electron chi connectivity index (χ0n) is 15.2. The highest BCUT2D eigenvalue weighted by Crippen LogP contribution is 2.45. The summed E-state index contributed by atoms with van der Waals surface area (Å²) >= 11 is 0. The molecule has 0 aromatic carbocycles. The Morgan fingerprint density at radius 2 is 1.65 bits per heavy atom. The van der Waals surface area contributed by atoms with Gasteiger partial charge >= 0.3 is 0 Å². The molecule has 0 aliphatic heterocycles. The molecule has 3 rings (SSSR count). The molecule has 0 aromatic rings. The summed E-state index contributed by atoms with van der Waals surface area (Å²) in [5.74, 6) is 3.47. The number of hydrogen-bond acceptors (Lipinski definition) is 1. The van der Waals surface area contributed by atoms with Crippen LogP contribution in [0.15, 0.2) is 11.1 Å². The zero-order valence-corrected chi connectivity index (χ0v) is 15.2. The predicted octanol–water partition coefficient (Wildman–Crippen LogP) is 6.61. The second-order valence-electron chi connectivity index (χ2n) is 8.56. The second-order valence-corrected chi connectivity index (χ2v) is 8.56. The summed E-state index contributed by atoms with van der Waals surface area (Å²) in [5.41, 5.74) is 3.24. The van der Waals surface area contributed by atoms with Crippen molar-refractivity contribution in [1.29, 1.82) is 0 Å². The van der Waals surface area contributed by atoms with Crippen molar-refractivity contribution >= 4 is 5.78 Å². The summed E-state index contributed by atoms with van der Waals surface area (Å²) in [6.45, 7) is 2.30. The number of carbonyl (C=O) groups excluding carboxylic acids is 1. The van der Waals surface area contributed by atoms with Crippen molar-refractivity contribution < 1.29 is 4.79 Å². The van der Waals surface area contributed by atoms with Crippen LogP contribution in [-0.2, 0) is 4.79 Å². The first kappa shape index (κ1) is 17.2. The first-order valence-electron chi connectivity index (χ1n) is 10.5. The summed E-state index contributed by atoms with van der Waals surface area (Å²) in [7, 11) is 0. The van der Waals surface area contributed by atoms with Crippen molar-refractivity contribution in [2.24, 2.45) is 17.8 Å². The van der Waals surface area contributed by atoms with Gasteiger partial charge in [-0.2, -0.15) is 0 Å². The van der Waals surface area contributed by atoms with Crippen molar-refractivity contribution in [2.45, 2.75) is 103 Å². The van der Waals surface area contributed by atoms with Crippen LogP contribution in [0.5, 0.6) is 0 Å². The molecule has 0 saturated heterocycles. The maximum absolute atomic E-state index is 11.6. The number of rotatable bonds is 6. The van der Waals surface area contributed by atoms with Crippen LogP contribution < -0.4 is 0 Å². The minimum absolute atomic E-state index is 0.491. The molecule has 1 fully saturated rings. The second kappa shape index (κ2) is 8.49. The van der Waals surface area contributed by atoms with Crippen LogP contribution in [0.2, 0.25) is 0 Å². The topological polar surface area (TPSA) is 17.1 Å². The molecule has 0 N–H and O–H groups in total. The lowest BCUT2D eigenvalue weighted by Crippen LogP contribution is -2.26. The minimum atomic E-state index is 0.491. The van der Waals surface area contributed by atoms with E-state index in [0.717, 1.165) is 37.0 Å². The lowest BCUT2D eigenvalue weighted by molar-refractivity contribution is -0.118. The van der Waals surface area contributed by atoms with E-state index in [4.69, 9.17) is 0 Å². The Morgan fingerprint density at radius 3 is 2.43 bits per heavy atom. The molecular formula is C22H36O. The van der Waals surface area contributed by atoms with Crippen LogP contribution in [0.4, 0.5) is 0 Å². The lowest BCUT2D eigenvalue weighted by Gasteiger charge is -2.38. The first-order valence-corrected chi connectivity index (χ1v) is 10.5. The molecule has 0 amide bonds. The van der Waals surface area contributed by atoms with Crippen molar-refractivity contribution in [3.8, 4) is 0 Å². The fourth-order valence-corrected chi connectivity index (χ4v) is 5.42. The summed E-state index contributed by atoms with van der Waals surface area (Å²) in [5, 5.41) is 0. The molecule has 0 spiro atoms. The molecule has 1 nitrogen and oxygen atoms in total. The van der Waals surface area contributed by atoms with Gasteiger partial charge in [0.1, 0.15) is 5.78 Å². The van der Waals surface area contributed by atoms with Crippen molar-refractivity contribution in [1.82, 2.24) is 0 Å². The van der Waals surface area contributed by atoms with E-state index in [-0.39, 0.29) is 0 Å². The number of carbonyl (C=O) groups is 1. The van der Waals surface area contributed by atoms with Gasteiger partial charge in [-0.3, -0.25) is 4.79 Å². The van der Waals surface area contributed by atoms with Crippen molar-refractivity contribution in [2.75, 3.05) is 0 Å². The highest BCUT2D eigenvalue weighted by Gasteiger charge is 2.32. The Labute approximate surface area is 143 Å². The normalized spacial score (nSPS) is 32.0. The molecule has 130 valence electrons. The third kappa shape index (κ3) is 4.70. The number of unbranched alkanes of at least 4 members (excludes halogenated alkanes) is 3. The highest BCUT2D eigenvalue weighted by molar-refractivity contribution is 5.82. The van der Waals surface area contributed by atoms with Gasteiger partial charge in [0.2, 0.25) is 0 Å². The molecule has 1 saturated carbocycles. The standard InChI is InChI=1S/C22H36O/c1-2-3-4-5-6-17-7-9-18(10-8-17)19-11-12-21-16-22(23)14-13-20(21)15-19/h17-19H,2-16H2,1H3. The molecule has 0 radical (unpaired) electrons. The molecular weight excluding hydrogens is 280 g/mol. The van der Waals surface area contributed by atoms with Gasteiger partial charge in [0.25, 0.3) is 0 Å². The van der Waals surface area contributed by atoms with Crippen LogP contribution in [0.1, 0.15) is 103 Å². The minimum Gasteiger partial charge on any atom is -0.299 e. The molecule has 1 heteroatoms. The van der Waals surface area contributed by atoms with Gasteiger partial charge in [-0.05, 0) is 56.3 Å². The number of ketones is 1. The SMILES string of the molecule is CCCCCCC1CCC(C2CCC3=C(CCC(=O)C3)C2)CC1. The zero-order chi connectivity index (χ0) is 16.1. The van der Waals surface area contributed by atoms with E-state index in [1.807, 2.05) is 0 Å². The Bertz CT molecular complexity index is 425. The largest absolute Gasteiger partial charge is 0.299 e. The van der Waals surface area contributed by atoms with Gasteiger partial charge in [-0.25, -0.2) is 0 Å². The lowest BCUT2D eigenvalue weighted by atomic mass is 9.67.